The van der Waals surface area contributed by atoms with Crippen LogP contribution in [0.4, 0.5) is 14.5 Å². The highest BCUT2D eigenvalue weighted by Gasteiger charge is 2.10. The van der Waals surface area contributed by atoms with Crippen LogP contribution in [0.1, 0.15) is 16.7 Å². The number of rotatable bonds is 5. The second-order valence-corrected chi connectivity index (χ2v) is 4.66. The SMILES string of the molecule is COCc1cccc(CNc2c(F)ccc(C)c2F)c1. The molecule has 0 radical (unpaired) electrons. The molecule has 0 heterocycles. The maximum absolute atomic E-state index is 13.8. The first-order valence-electron chi connectivity index (χ1n) is 6.37. The number of hydrogen-bond donors (Lipinski definition) is 1. The van der Waals surface area contributed by atoms with E-state index in [9.17, 15) is 8.78 Å². The van der Waals surface area contributed by atoms with Gasteiger partial charge in [-0.1, -0.05) is 30.3 Å². The van der Waals surface area contributed by atoms with Gasteiger partial charge in [0.25, 0.3) is 0 Å². The first-order valence-corrected chi connectivity index (χ1v) is 6.37. The van der Waals surface area contributed by atoms with E-state index in [1.807, 2.05) is 24.3 Å². The Morgan fingerprint density at radius 2 is 1.85 bits per heavy atom. The topological polar surface area (TPSA) is 21.3 Å². The zero-order chi connectivity index (χ0) is 14.5. The van der Waals surface area contributed by atoms with Crippen molar-refractivity contribution < 1.29 is 13.5 Å². The predicted octanol–water partition coefficient (Wildman–Crippen LogP) is 4.03. The number of ether oxygens (including phenoxy) is 1. The Labute approximate surface area is 117 Å². The van der Waals surface area contributed by atoms with Crippen molar-refractivity contribution in [2.45, 2.75) is 20.1 Å². The number of hydrogen-bond acceptors (Lipinski definition) is 2. The molecule has 2 aromatic rings. The molecule has 0 amide bonds. The molecule has 106 valence electrons. The second kappa shape index (κ2) is 6.48. The molecular weight excluding hydrogens is 260 g/mol. The molecule has 2 nitrogen and oxygen atoms in total. The Morgan fingerprint density at radius 3 is 2.60 bits per heavy atom. The highest BCUT2D eigenvalue weighted by Crippen LogP contribution is 2.22. The van der Waals surface area contributed by atoms with Crippen LogP contribution in [0.3, 0.4) is 0 Å². The van der Waals surface area contributed by atoms with Gasteiger partial charge < -0.3 is 10.1 Å². The summed E-state index contributed by atoms with van der Waals surface area (Å²) < 4.78 is 32.5. The lowest BCUT2D eigenvalue weighted by atomic mass is 10.1. The molecule has 0 atom stereocenters. The largest absolute Gasteiger partial charge is 0.380 e. The highest BCUT2D eigenvalue weighted by atomic mass is 19.1. The van der Waals surface area contributed by atoms with E-state index in [1.165, 1.54) is 12.1 Å². The summed E-state index contributed by atoms with van der Waals surface area (Å²) >= 11 is 0. The molecule has 0 saturated heterocycles. The van der Waals surface area contributed by atoms with Crippen LogP contribution in [0, 0.1) is 18.6 Å². The molecule has 0 aliphatic carbocycles. The molecule has 0 aromatic heterocycles. The van der Waals surface area contributed by atoms with Gasteiger partial charge in [0.15, 0.2) is 5.82 Å². The zero-order valence-electron chi connectivity index (χ0n) is 11.5. The van der Waals surface area contributed by atoms with Crippen LogP contribution < -0.4 is 5.32 Å². The molecule has 1 N–H and O–H groups in total. The molecular formula is C16H17F2NO. The summed E-state index contributed by atoms with van der Waals surface area (Å²) in [5.74, 6) is -1.13. The fourth-order valence-corrected chi connectivity index (χ4v) is 2.01. The van der Waals surface area contributed by atoms with Gasteiger partial charge in [0.05, 0.1) is 6.61 Å². The van der Waals surface area contributed by atoms with Crippen molar-refractivity contribution in [1.29, 1.82) is 0 Å². The number of benzene rings is 2. The lowest BCUT2D eigenvalue weighted by Gasteiger charge is -2.11. The lowest BCUT2D eigenvalue weighted by Crippen LogP contribution is -2.05. The van der Waals surface area contributed by atoms with Gasteiger partial charge in [0.1, 0.15) is 11.5 Å². The van der Waals surface area contributed by atoms with E-state index >= 15 is 0 Å². The molecule has 0 aliphatic heterocycles. The number of nitrogens with one attached hydrogen (secondary N) is 1. The summed E-state index contributed by atoms with van der Waals surface area (Å²) in [6.45, 7) is 2.48. The third-order valence-corrected chi connectivity index (χ3v) is 3.06. The van der Waals surface area contributed by atoms with Gasteiger partial charge >= 0.3 is 0 Å². The first kappa shape index (κ1) is 14.5. The minimum atomic E-state index is -0.582. The van der Waals surface area contributed by atoms with Crippen molar-refractivity contribution in [3.63, 3.8) is 0 Å². The van der Waals surface area contributed by atoms with Crippen molar-refractivity contribution in [2.24, 2.45) is 0 Å². The molecule has 0 bridgehead atoms. The molecule has 4 heteroatoms. The fourth-order valence-electron chi connectivity index (χ4n) is 2.01. The van der Waals surface area contributed by atoms with Gasteiger partial charge in [-0.3, -0.25) is 0 Å². The van der Waals surface area contributed by atoms with Gasteiger partial charge in [-0.25, -0.2) is 8.78 Å². The van der Waals surface area contributed by atoms with E-state index in [1.54, 1.807) is 14.0 Å². The first-order chi connectivity index (χ1) is 9.61. The van der Waals surface area contributed by atoms with Crippen molar-refractivity contribution >= 4 is 5.69 Å². The van der Waals surface area contributed by atoms with Crippen LogP contribution in [0.2, 0.25) is 0 Å². The normalized spacial score (nSPS) is 10.6. The third-order valence-electron chi connectivity index (χ3n) is 3.06. The van der Waals surface area contributed by atoms with E-state index in [2.05, 4.69) is 5.32 Å². The van der Waals surface area contributed by atoms with Crippen molar-refractivity contribution in [2.75, 3.05) is 12.4 Å². The minimum absolute atomic E-state index is 0.0813. The number of halogens is 2. The molecule has 0 saturated carbocycles. The van der Waals surface area contributed by atoms with Crippen LogP contribution in [0.5, 0.6) is 0 Å². The number of anilines is 1. The lowest BCUT2D eigenvalue weighted by molar-refractivity contribution is 0.185. The summed E-state index contributed by atoms with van der Waals surface area (Å²) in [6, 6.07) is 10.4. The van der Waals surface area contributed by atoms with Crippen LogP contribution in [0.15, 0.2) is 36.4 Å². The molecule has 2 rings (SSSR count). The molecule has 2 aromatic carbocycles. The molecule has 0 unspecified atom stereocenters. The van der Waals surface area contributed by atoms with Gasteiger partial charge in [-0.05, 0) is 29.7 Å². The third kappa shape index (κ3) is 3.33. The molecule has 0 aliphatic rings. The zero-order valence-corrected chi connectivity index (χ0v) is 11.5. The highest BCUT2D eigenvalue weighted by molar-refractivity contribution is 5.49. The maximum Gasteiger partial charge on any atom is 0.152 e. The molecule has 0 fully saturated rings. The monoisotopic (exact) mass is 277 g/mol. The van der Waals surface area contributed by atoms with E-state index in [4.69, 9.17) is 4.74 Å². The minimum Gasteiger partial charge on any atom is -0.380 e. The standard InChI is InChI=1S/C16H17F2NO/c1-11-6-7-14(17)16(15(11)18)19-9-12-4-3-5-13(8-12)10-20-2/h3-8,19H,9-10H2,1-2H3. The summed E-state index contributed by atoms with van der Waals surface area (Å²) in [7, 11) is 1.63. The average Bonchev–Trinajstić information content (AvgIpc) is 2.44. The Kier molecular flexibility index (Phi) is 4.69. The van der Waals surface area contributed by atoms with Crippen molar-refractivity contribution in [3.05, 3.63) is 64.7 Å². The summed E-state index contributed by atoms with van der Waals surface area (Å²) in [5.41, 5.74) is 2.31. The van der Waals surface area contributed by atoms with Gasteiger partial charge in [-0.15, -0.1) is 0 Å². The van der Waals surface area contributed by atoms with Gasteiger partial charge in [0.2, 0.25) is 0 Å². The summed E-state index contributed by atoms with van der Waals surface area (Å²) in [6.07, 6.45) is 0. The molecule has 0 spiro atoms. The average molecular weight is 277 g/mol. The van der Waals surface area contributed by atoms with E-state index in [-0.39, 0.29) is 5.69 Å². The Morgan fingerprint density at radius 1 is 1.10 bits per heavy atom. The van der Waals surface area contributed by atoms with Crippen LogP contribution in [-0.4, -0.2) is 7.11 Å². The number of aryl methyl sites for hydroxylation is 1. The van der Waals surface area contributed by atoms with E-state index < -0.39 is 11.6 Å². The fraction of sp³-hybridized carbons (Fsp3) is 0.250. The van der Waals surface area contributed by atoms with Crippen molar-refractivity contribution in [3.8, 4) is 0 Å². The Hall–Kier alpha value is -1.94. The van der Waals surface area contributed by atoms with Crippen molar-refractivity contribution in [1.82, 2.24) is 0 Å². The Balaban J connectivity index is 2.13. The number of methoxy groups -OCH3 is 1. The van der Waals surface area contributed by atoms with Crippen LogP contribution >= 0.6 is 0 Å². The quantitative estimate of drug-likeness (QED) is 0.891. The molecule has 20 heavy (non-hydrogen) atoms. The Bertz CT molecular complexity index is 599. The van der Waals surface area contributed by atoms with Crippen LogP contribution in [0.25, 0.3) is 0 Å². The van der Waals surface area contributed by atoms with Gasteiger partial charge in [0, 0.05) is 13.7 Å². The maximum atomic E-state index is 13.8. The van der Waals surface area contributed by atoms with E-state index in [0.717, 1.165) is 11.1 Å². The summed E-state index contributed by atoms with van der Waals surface area (Å²) in [4.78, 5) is 0. The van der Waals surface area contributed by atoms with E-state index in [0.29, 0.717) is 18.7 Å². The van der Waals surface area contributed by atoms with Gasteiger partial charge in [-0.2, -0.15) is 0 Å². The predicted molar refractivity (Wildman–Crippen MR) is 75.6 cm³/mol. The smallest absolute Gasteiger partial charge is 0.152 e. The van der Waals surface area contributed by atoms with Crippen LogP contribution in [-0.2, 0) is 17.9 Å². The summed E-state index contributed by atoms with van der Waals surface area (Å²) in [5, 5.41) is 2.82. The second-order valence-electron chi connectivity index (χ2n) is 4.66.